The average Bonchev–Trinajstić information content (AvgIpc) is 2.83. The van der Waals surface area contributed by atoms with Crippen molar-refractivity contribution < 1.29 is 4.79 Å². The number of anilines is 2. The highest BCUT2D eigenvalue weighted by Gasteiger charge is 2.24. The number of amides is 1. The van der Waals surface area contributed by atoms with Gasteiger partial charge in [0, 0.05) is 23.7 Å². The summed E-state index contributed by atoms with van der Waals surface area (Å²) in [6, 6.07) is 7.85. The molecule has 27 heavy (non-hydrogen) atoms. The third kappa shape index (κ3) is 3.54. The van der Waals surface area contributed by atoms with Crippen LogP contribution >= 0.6 is 11.3 Å². The van der Waals surface area contributed by atoms with Crippen LogP contribution in [-0.4, -0.2) is 29.0 Å². The van der Waals surface area contributed by atoms with Crippen LogP contribution in [0, 0.1) is 13.8 Å². The van der Waals surface area contributed by atoms with Crippen LogP contribution in [0.25, 0.3) is 10.2 Å². The minimum absolute atomic E-state index is 0.0843. The van der Waals surface area contributed by atoms with E-state index in [-0.39, 0.29) is 5.91 Å². The molecular weight excluding hydrogens is 356 g/mol. The first-order valence-corrected chi connectivity index (χ1v) is 10.3. The van der Waals surface area contributed by atoms with Gasteiger partial charge in [0.15, 0.2) is 0 Å². The van der Waals surface area contributed by atoms with E-state index in [9.17, 15) is 4.79 Å². The number of hydrogen-bond acceptors (Lipinski definition) is 5. The summed E-state index contributed by atoms with van der Waals surface area (Å²) in [6.07, 6.45) is 6.47. The Bertz CT molecular complexity index is 973. The molecule has 140 valence electrons. The third-order valence-corrected chi connectivity index (χ3v) is 6.18. The largest absolute Gasteiger partial charge is 0.356 e. The zero-order valence-electron chi connectivity index (χ0n) is 15.8. The van der Waals surface area contributed by atoms with Gasteiger partial charge in [-0.25, -0.2) is 9.97 Å². The zero-order valence-corrected chi connectivity index (χ0v) is 16.6. The van der Waals surface area contributed by atoms with Crippen LogP contribution in [0.1, 0.15) is 46.5 Å². The standard InChI is InChI=1S/C21H24N4OS/c1-14-9-5-6-10-16(14)24-20(26)17-15(2)27-21-18(17)19(22-13-23-21)25-11-7-3-4-8-12-25/h5-6,9-10,13H,3-4,7-8,11-12H2,1-2H3,(H,24,26). The van der Waals surface area contributed by atoms with Crippen LogP contribution in [0.2, 0.25) is 0 Å². The van der Waals surface area contributed by atoms with Gasteiger partial charge in [0.2, 0.25) is 0 Å². The normalized spacial score (nSPS) is 15.0. The summed E-state index contributed by atoms with van der Waals surface area (Å²) < 4.78 is 0. The second-order valence-corrected chi connectivity index (χ2v) is 8.28. The molecule has 1 aliphatic rings. The smallest absolute Gasteiger partial charge is 0.257 e. The SMILES string of the molecule is Cc1ccccc1NC(=O)c1c(C)sc2ncnc(N3CCCCCC3)c12. The number of rotatable bonds is 3. The van der Waals surface area contributed by atoms with Crippen molar-refractivity contribution in [1.29, 1.82) is 0 Å². The van der Waals surface area contributed by atoms with Gasteiger partial charge in [-0.1, -0.05) is 31.0 Å². The fourth-order valence-electron chi connectivity index (χ4n) is 3.72. The fourth-order valence-corrected chi connectivity index (χ4v) is 4.70. The number of para-hydroxylation sites is 1. The maximum Gasteiger partial charge on any atom is 0.257 e. The molecule has 0 aliphatic carbocycles. The molecule has 5 nitrogen and oxygen atoms in total. The summed E-state index contributed by atoms with van der Waals surface area (Å²) in [6.45, 7) is 5.96. The van der Waals surface area contributed by atoms with Crippen molar-refractivity contribution in [2.45, 2.75) is 39.5 Å². The number of carbonyl (C=O) groups excluding carboxylic acids is 1. The third-order valence-electron chi connectivity index (χ3n) is 5.17. The average molecular weight is 381 g/mol. The topological polar surface area (TPSA) is 58.1 Å². The first-order chi connectivity index (χ1) is 13.1. The summed E-state index contributed by atoms with van der Waals surface area (Å²) in [5, 5.41) is 3.98. The lowest BCUT2D eigenvalue weighted by atomic mass is 10.1. The summed E-state index contributed by atoms with van der Waals surface area (Å²) in [5.41, 5.74) is 2.60. The van der Waals surface area contributed by atoms with Gasteiger partial charge in [-0.05, 0) is 38.3 Å². The molecule has 0 atom stereocenters. The van der Waals surface area contributed by atoms with E-state index < -0.39 is 0 Å². The number of benzene rings is 1. The quantitative estimate of drug-likeness (QED) is 0.699. The van der Waals surface area contributed by atoms with E-state index in [1.54, 1.807) is 17.7 Å². The fraction of sp³-hybridized carbons (Fsp3) is 0.381. The highest BCUT2D eigenvalue weighted by Crippen LogP contribution is 2.36. The Morgan fingerprint density at radius 1 is 1.07 bits per heavy atom. The number of fused-ring (bicyclic) bond motifs is 1. The van der Waals surface area contributed by atoms with Crippen molar-refractivity contribution in [1.82, 2.24) is 9.97 Å². The second-order valence-electron chi connectivity index (χ2n) is 7.08. The van der Waals surface area contributed by atoms with E-state index in [0.29, 0.717) is 5.56 Å². The molecule has 3 heterocycles. The highest BCUT2D eigenvalue weighted by atomic mass is 32.1. The van der Waals surface area contributed by atoms with Gasteiger partial charge in [-0.2, -0.15) is 0 Å². The zero-order chi connectivity index (χ0) is 18.8. The molecule has 1 amide bonds. The number of thiophene rings is 1. The van der Waals surface area contributed by atoms with Gasteiger partial charge >= 0.3 is 0 Å². The predicted octanol–water partition coefficient (Wildman–Crippen LogP) is 4.94. The van der Waals surface area contributed by atoms with E-state index in [2.05, 4.69) is 20.2 Å². The Kier molecular flexibility index (Phi) is 5.07. The molecule has 1 N–H and O–H groups in total. The van der Waals surface area contributed by atoms with Crippen molar-refractivity contribution in [3.63, 3.8) is 0 Å². The van der Waals surface area contributed by atoms with Crippen LogP contribution in [0.3, 0.4) is 0 Å². The number of aryl methyl sites for hydroxylation is 2. The minimum atomic E-state index is -0.0843. The molecular formula is C21H24N4OS. The van der Waals surface area contributed by atoms with Crippen molar-refractivity contribution in [3.8, 4) is 0 Å². The summed E-state index contributed by atoms with van der Waals surface area (Å²) in [4.78, 5) is 26.4. The lowest BCUT2D eigenvalue weighted by Gasteiger charge is -2.22. The van der Waals surface area contributed by atoms with Crippen LogP contribution < -0.4 is 10.2 Å². The number of hydrogen-bond donors (Lipinski definition) is 1. The Morgan fingerprint density at radius 2 is 1.81 bits per heavy atom. The lowest BCUT2D eigenvalue weighted by Crippen LogP contribution is -2.25. The van der Waals surface area contributed by atoms with Crippen LogP contribution in [0.5, 0.6) is 0 Å². The second kappa shape index (κ2) is 7.64. The number of nitrogens with zero attached hydrogens (tertiary/aromatic N) is 3. The molecule has 1 aliphatic heterocycles. The Labute approximate surface area is 163 Å². The van der Waals surface area contributed by atoms with E-state index >= 15 is 0 Å². The minimum Gasteiger partial charge on any atom is -0.356 e. The molecule has 1 saturated heterocycles. The van der Waals surface area contributed by atoms with Gasteiger partial charge in [-0.15, -0.1) is 11.3 Å². The van der Waals surface area contributed by atoms with Crippen LogP contribution in [-0.2, 0) is 0 Å². The molecule has 0 saturated carbocycles. The lowest BCUT2D eigenvalue weighted by molar-refractivity contribution is 0.102. The van der Waals surface area contributed by atoms with Crippen LogP contribution in [0.4, 0.5) is 11.5 Å². The highest BCUT2D eigenvalue weighted by molar-refractivity contribution is 7.19. The first-order valence-electron chi connectivity index (χ1n) is 9.51. The maximum atomic E-state index is 13.2. The molecule has 1 aromatic carbocycles. The maximum absolute atomic E-state index is 13.2. The van der Waals surface area contributed by atoms with Crippen LogP contribution in [0.15, 0.2) is 30.6 Å². The molecule has 1 fully saturated rings. The van der Waals surface area contributed by atoms with Gasteiger partial charge in [-0.3, -0.25) is 4.79 Å². The Hall–Kier alpha value is -2.47. The van der Waals surface area contributed by atoms with Gasteiger partial charge in [0.05, 0.1) is 10.9 Å². The van der Waals surface area contributed by atoms with Crippen molar-refractivity contribution in [2.24, 2.45) is 0 Å². The Morgan fingerprint density at radius 3 is 2.56 bits per heavy atom. The van der Waals surface area contributed by atoms with Gasteiger partial charge < -0.3 is 10.2 Å². The summed E-state index contributed by atoms with van der Waals surface area (Å²) in [5.74, 6) is 0.820. The molecule has 0 spiro atoms. The summed E-state index contributed by atoms with van der Waals surface area (Å²) >= 11 is 1.57. The van der Waals surface area contributed by atoms with E-state index in [0.717, 1.165) is 45.3 Å². The summed E-state index contributed by atoms with van der Waals surface area (Å²) in [7, 11) is 0. The number of nitrogens with one attached hydrogen (secondary N) is 1. The molecule has 0 bridgehead atoms. The molecule has 6 heteroatoms. The monoisotopic (exact) mass is 380 g/mol. The molecule has 4 rings (SSSR count). The number of aromatic nitrogens is 2. The van der Waals surface area contributed by atoms with Gasteiger partial charge in [0.25, 0.3) is 5.91 Å². The first kappa shape index (κ1) is 17.9. The molecule has 2 aromatic heterocycles. The van der Waals surface area contributed by atoms with Crippen molar-refractivity contribution in [2.75, 3.05) is 23.3 Å². The molecule has 0 radical (unpaired) electrons. The van der Waals surface area contributed by atoms with E-state index in [4.69, 9.17) is 0 Å². The molecule has 3 aromatic rings. The van der Waals surface area contributed by atoms with Gasteiger partial charge in [0.1, 0.15) is 17.0 Å². The Balaban J connectivity index is 1.77. The van der Waals surface area contributed by atoms with Crippen molar-refractivity contribution in [3.05, 3.63) is 46.6 Å². The molecule has 0 unspecified atom stereocenters. The van der Waals surface area contributed by atoms with E-state index in [1.807, 2.05) is 38.1 Å². The number of carbonyl (C=O) groups is 1. The predicted molar refractivity (Wildman–Crippen MR) is 112 cm³/mol. The van der Waals surface area contributed by atoms with E-state index in [1.165, 1.54) is 25.7 Å². The van der Waals surface area contributed by atoms with Crippen molar-refractivity contribution >= 4 is 39.0 Å².